The summed E-state index contributed by atoms with van der Waals surface area (Å²) in [6.45, 7) is 0. The average molecular weight is 218 g/mol. The lowest BCUT2D eigenvalue weighted by molar-refractivity contribution is -0.132. The number of rotatable bonds is 3. The van der Waals surface area contributed by atoms with Crippen molar-refractivity contribution >= 4 is 28.1 Å². The highest BCUT2D eigenvalue weighted by Crippen LogP contribution is 2.12. The number of carbonyl (C=O) groups is 1. The summed E-state index contributed by atoms with van der Waals surface area (Å²) in [6, 6.07) is 0. The zero-order valence-electron chi connectivity index (χ0n) is 10.2. The molecule has 14 heavy (non-hydrogen) atoms. The van der Waals surface area contributed by atoms with Gasteiger partial charge in [0.15, 0.2) is 5.13 Å². The summed E-state index contributed by atoms with van der Waals surface area (Å²) in [5.74, 6) is -0.862. The molecule has 0 unspecified atom stereocenters. The van der Waals surface area contributed by atoms with E-state index in [4.69, 9.17) is 9.85 Å². The number of hydrogen-bond acceptors (Lipinski definition) is 7. The summed E-state index contributed by atoms with van der Waals surface area (Å²) >= 11 is 1.08. The van der Waals surface area contributed by atoms with Crippen molar-refractivity contribution in [1.82, 2.24) is 4.98 Å². The molecule has 0 aromatic carbocycles. The maximum absolute atomic E-state index is 11.3. The van der Waals surface area contributed by atoms with Crippen LogP contribution < -0.4 is 5.73 Å². The summed E-state index contributed by atoms with van der Waals surface area (Å²) in [7, 11) is -1.62. The molecule has 0 spiro atoms. The first-order chi connectivity index (χ1) is 7.83. The molecule has 1 aromatic rings. The Labute approximate surface area is 88.5 Å². The van der Waals surface area contributed by atoms with Crippen molar-refractivity contribution < 1.29 is 18.5 Å². The van der Waals surface area contributed by atoms with E-state index in [0.29, 0.717) is 0 Å². The number of aromatic nitrogens is 1. The van der Waals surface area contributed by atoms with E-state index >= 15 is 0 Å². The molecular weight excluding hydrogens is 206 g/mol. The predicted molar refractivity (Wildman–Crippen MR) is 52.1 cm³/mol. The first kappa shape index (κ1) is 6.77. The molecule has 1 aromatic heterocycles. The van der Waals surface area contributed by atoms with Gasteiger partial charge in [0, 0.05) is 5.38 Å². The van der Waals surface area contributed by atoms with Gasteiger partial charge in [-0.2, -0.15) is 0 Å². The lowest BCUT2D eigenvalue weighted by Crippen LogP contribution is -2.18. The fourth-order valence-corrected chi connectivity index (χ4v) is 1.28. The molecule has 0 radical (unpaired) electrons. The van der Waals surface area contributed by atoms with E-state index in [9.17, 15) is 4.79 Å². The lowest BCUT2D eigenvalue weighted by atomic mass is 10.3. The number of nitrogens with two attached hydrogens (primary N) is 1. The van der Waals surface area contributed by atoms with Crippen LogP contribution in [0.5, 0.6) is 0 Å². The molecule has 1 heterocycles. The van der Waals surface area contributed by atoms with E-state index < -0.39 is 13.0 Å². The Morgan fingerprint density at radius 1 is 1.86 bits per heavy atom. The third-order valence-corrected chi connectivity index (χ3v) is 1.95. The number of nitrogens with zero attached hydrogens (tertiary/aromatic N) is 2. The second-order valence-electron chi connectivity index (χ2n) is 2.09. The highest BCUT2D eigenvalue weighted by atomic mass is 32.1. The van der Waals surface area contributed by atoms with Gasteiger partial charge in [-0.05, 0) is 0 Å². The Morgan fingerprint density at radius 2 is 2.64 bits per heavy atom. The standard InChI is InChI=1S/C7H9N3O3S/c1-12-6(11)5(10-13-2)4-3-14-7(8)9-4/h3H,1-2H3,(H2,8,9)/b10-5+/i2D3. The number of methoxy groups -OCH3 is 1. The summed E-state index contributed by atoms with van der Waals surface area (Å²) in [5, 5.41) is 4.87. The van der Waals surface area contributed by atoms with Gasteiger partial charge in [-0.1, -0.05) is 5.16 Å². The van der Waals surface area contributed by atoms with Crippen LogP contribution >= 0.6 is 11.3 Å². The van der Waals surface area contributed by atoms with E-state index in [1.54, 1.807) is 0 Å². The van der Waals surface area contributed by atoms with Crippen LogP contribution in [0.25, 0.3) is 0 Å². The molecule has 0 saturated carbocycles. The lowest BCUT2D eigenvalue weighted by Gasteiger charge is -1.98. The Kier molecular flexibility index (Phi) is 2.21. The van der Waals surface area contributed by atoms with Crippen molar-refractivity contribution in [2.75, 3.05) is 19.9 Å². The maximum Gasteiger partial charge on any atom is 0.362 e. The summed E-state index contributed by atoms with van der Waals surface area (Å²) in [6.07, 6.45) is 0. The highest BCUT2D eigenvalue weighted by molar-refractivity contribution is 7.13. The minimum Gasteiger partial charge on any atom is -0.464 e. The molecule has 0 amide bonds. The van der Waals surface area contributed by atoms with Crippen molar-refractivity contribution in [2.24, 2.45) is 5.16 Å². The van der Waals surface area contributed by atoms with E-state index in [1.807, 2.05) is 0 Å². The Hall–Kier alpha value is -1.63. The molecule has 0 atom stereocenters. The first-order valence-corrected chi connectivity index (χ1v) is 4.27. The fourth-order valence-electron chi connectivity index (χ4n) is 0.727. The van der Waals surface area contributed by atoms with Gasteiger partial charge in [-0.3, -0.25) is 0 Å². The molecule has 0 saturated heterocycles. The minimum atomic E-state index is -2.75. The molecule has 2 N–H and O–H groups in total. The van der Waals surface area contributed by atoms with Gasteiger partial charge in [0.25, 0.3) is 0 Å². The minimum absolute atomic E-state index is 0.101. The number of thiazole rings is 1. The zero-order valence-corrected chi connectivity index (χ0v) is 8.00. The predicted octanol–water partition coefficient (Wildman–Crippen LogP) is 0.249. The first-order valence-electron chi connectivity index (χ1n) is 4.89. The monoisotopic (exact) mass is 218 g/mol. The van der Waals surface area contributed by atoms with Crippen LogP contribution in [0.15, 0.2) is 10.5 Å². The maximum atomic E-state index is 11.3. The van der Waals surface area contributed by atoms with Gasteiger partial charge < -0.3 is 15.3 Å². The van der Waals surface area contributed by atoms with Gasteiger partial charge in [-0.25, -0.2) is 9.78 Å². The van der Waals surface area contributed by atoms with Gasteiger partial charge >= 0.3 is 5.97 Å². The average Bonchev–Trinajstić information content (AvgIpc) is 2.63. The van der Waals surface area contributed by atoms with Crippen LogP contribution in [0.4, 0.5) is 5.13 Å². The van der Waals surface area contributed by atoms with Crippen molar-refractivity contribution in [3.05, 3.63) is 11.1 Å². The van der Waals surface area contributed by atoms with E-state index in [-0.39, 0.29) is 16.5 Å². The molecule has 0 fully saturated rings. The van der Waals surface area contributed by atoms with Gasteiger partial charge in [0.05, 0.1) is 11.2 Å². The molecule has 0 aliphatic carbocycles. The van der Waals surface area contributed by atoms with Crippen molar-refractivity contribution in [1.29, 1.82) is 0 Å². The number of anilines is 1. The van der Waals surface area contributed by atoms with E-state index in [0.717, 1.165) is 18.4 Å². The molecular formula is C7H9N3O3S. The number of nitrogen functional groups attached to an aromatic ring is 1. The van der Waals surface area contributed by atoms with Crippen LogP contribution in [0.1, 0.15) is 9.81 Å². The quantitative estimate of drug-likeness (QED) is 0.446. The number of hydrogen-bond donors (Lipinski definition) is 1. The summed E-state index contributed by atoms with van der Waals surface area (Å²) in [4.78, 5) is 19.3. The smallest absolute Gasteiger partial charge is 0.362 e. The molecule has 6 nitrogen and oxygen atoms in total. The normalized spacial score (nSPS) is 15.2. The van der Waals surface area contributed by atoms with Gasteiger partial charge in [-0.15, -0.1) is 11.3 Å². The largest absolute Gasteiger partial charge is 0.464 e. The number of esters is 1. The van der Waals surface area contributed by atoms with Crippen LogP contribution in [0.3, 0.4) is 0 Å². The van der Waals surface area contributed by atoms with Crippen LogP contribution in [-0.4, -0.2) is 30.8 Å². The molecule has 0 aliphatic rings. The molecule has 7 heteroatoms. The van der Waals surface area contributed by atoms with Crippen molar-refractivity contribution in [3.63, 3.8) is 0 Å². The SMILES string of the molecule is [2H]C([2H])([2H])O/N=C(/C(=O)OC)c1csc(N)n1. The van der Waals surface area contributed by atoms with E-state index in [1.165, 1.54) is 5.38 Å². The third-order valence-electron chi connectivity index (χ3n) is 1.28. The van der Waals surface area contributed by atoms with Crippen molar-refractivity contribution in [2.45, 2.75) is 0 Å². The van der Waals surface area contributed by atoms with Crippen LogP contribution in [-0.2, 0) is 14.4 Å². The van der Waals surface area contributed by atoms with Crippen LogP contribution in [0, 0.1) is 0 Å². The molecule has 1 rings (SSSR count). The summed E-state index contributed by atoms with van der Waals surface area (Å²) < 4.78 is 24.8. The topological polar surface area (TPSA) is 86.8 Å². The second-order valence-corrected chi connectivity index (χ2v) is 2.98. The Morgan fingerprint density at radius 3 is 3.14 bits per heavy atom. The molecule has 76 valence electrons. The molecule has 0 aliphatic heterocycles. The number of carbonyl (C=O) groups excluding carboxylic acids is 1. The third kappa shape index (κ3) is 2.19. The fraction of sp³-hybridized carbons (Fsp3) is 0.286. The number of ether oxygens (including phenoxy) is 1. The van der Waals surface area contributed by atoms with Gasteiger partial charge in [0.2, 0.25) is 5.71 Å². The van der Waals surface area contributed by atoms with Gasteiger partial charge in [0.1, 0.15) is 12.7 Å². The zero-order chi connectivity index (χ0) is 13.1. The highest BCUT2D eigenvalue weighted by Gasteiger charge is 2.18. The number of oxime groups is 1. The van der Waals surface area contributed by atoms with E-state index in [2.05, 4.69) is 19.7 Å². The second kappa shape index (κ2) is 4.56. The van der Waals surface area contributed by atoms with Crippen LogP contribution in [0.2, 0.25) is 0 Å². The Bertz CT molecular complexity index is 443. The molecule has 0 bridgehead atoms. The Balaban J connectivity index is 3.00. The van der Waals surface area contributed by atoms with Crippen molar-refractivity contribution in [3.8, 4) is 0 Å². The summed E-state index contributed by atoms with van der Waals surface area (Å²) in [5.41, 5.74) is 5.14.